The molecule has 0 aromatic carbocycles. The van der Waals surface area contributed by atoms with Crippen LogP contribution in [0.4, 0.5) is 30.7 Å². The second kappa shape index (κ2) is 7.25. The largest absolute Gasteiger partial charge is 0.581 e. The van der Waals surface area contributed by atoms with Gasteiger partial charge in [-0.05, 0) is 12.8 Å². The Morgan fingerprint density at radius 2 is 1.10 bits per heavy atom. The molecule has 21 heavy (non-hydrogen) atoms. The molecule has 0 aliphatic rings. The lowest BCUT2D eigenvalue weighted by Crippen LogP contribution is -2.66. The van der Waals surface area contributed by atoms with E-state index in [1.165, 1.54) is 0 Å². The highest BCUT2D eigenvalue weighted by molar-refractivity contribution is 6.63. The van der Waals surface area contributed by atoms with Gasteiger partial charge in [0.1, 0.15) is 0 Å². The van der Waals surface area contributed by atoms with Crippen LogP contribution in [0, 0.1) is 0 Å². The van der Waals surface area contributed by atoms with E-state index in [9.17, 15) is 30.7 Å². The molecule has 0 heterocycles. The minimum absolute atomic E-state index is 0.670. The Bertz CT molecular complexity index is 310. The molecule has 0 spiro atoms. The predicted octanol–water partition coefficient (Wildman–Crippen LogP) is 3.80. The average molecular weight is 346 g/mol. The van der Waals surface area contributed by atoms with Gasteiger partial charge in [-0.2, -0.15) is 30.7 Å². The first-order chi connectivity index (χ1) is 9.39. The van der Waals surface area contributed by atoms with Crippen molar-refractivity contribution in [2.75, 3.05) is 21.3 Å². The molecule has 128 valence electrons. The maximum atomic E-state index is 13.9. The molecule has 0 unspecified atom stereocenters. The van der Waals surface area contributed by atoms with Crippen LogP contribution < -0.4 is 0 Å². The third-order valence-electron chi connectivity index (χ3n) is 2.85. The van der Waals surface area contributed by atoms with Crippen LogP contribution in [0.3, 0.4) is 0 Å². The van der Waals surface area contributed by atoms with Crippen LogP contribution in [-0.4, -0.2) is 47.8 Å². The van der Waals surface area contributed by atoms with Crippen LogP contribution in [0.25, 0.3) is 0 Å². The molecule has 0 rings (SSSR count). The van der Waals surface area contributed by atoms with Gasteiger partial charge in [-0.15, -0.1) is 0 Å². The number of alkyl halides is 7. The molecule has 0 radical (unpaired) electrons. The summed E-state index contributed by atoms with van der Waals surface area (Å²) in [6.07, 6.45) is -8.64. The highest BCUT2D eigenvalue weighted by Crippen LogP contribution is 2.45. The zero-order valence-corrected chi connectivity index (χ0v) is 12.7. The number of hydrogen-bond donors (Lipinski definition) is 0. The highest BCUT2D eigenvalue weighted by atomic mass is 28.4. The standard InChI is InChI=1S/C10H17F7O3Si/c1-18-21(19-2,20-3)10(16,17)8(11,12)6-4-5-7-9(13,14)15/h4-7H2,1-3H3. The summed E-state index contributed by atoms with van der Waals surface area (Å²) in [5.41, 5.74) is -4.75. The Hall–Kier alpha value is -0.393. The van der Waals surface area contributed by atoms with Crippen LogP contribution in [0.5, 0.6) is 0 Å². The SMILES string of the molecule is CO[Si](OC)(OC)C(F)(F)C(F)(F)CCCCC(F)(F)F. The summed E-state index contributed by atoms with van der Waals surface area (Å²) in [5, 5.41) is 0. The first kappa shape index (κ1) is 20.6. The monoisotopic (exact) mass is 346 g/mol. The molecule has 0 amide bonds. The van der Waals surface area contributed by atoms with Gasteiger partial charge in [-0.1, -0.05) is 0 Å². The van der Waals surface area contributed by atoms with E-state index in [0.717, 1.165) is 21.3 Å². The molecule has 0 aliphatic carbocycles. The Labute approximate surface area is 118 Å². The molecule has 0 fully saturated rings. The first-order valence-corrected chi connectivity index (χ1v) is 7.59. The summed E-state index contributed by atoms with van der Waals surface area (Å²) in [6, 6.07) is 0. The maximum absolute atomic E-state index is 13.9. The number of hydrogen-bond acceptors (Lipinski definition) is 3. The van der Waals surface area contributed by atoms with E-state index in [1.54, 1.807) is 0 Å². The molecule has 0 atom stereocenters. The third kappa shape index (κ3) is 4.79. The van der Waals surface area contributed by atoms with Crippen LogP contribution >= 0.6 is 0 Å². The molecule has 0 saturated carbocycles. The van der Waals surface area contributed by atoms with E-state index in [4.69, 9.17) is 0 Å². The Kier molecular flexibility index (Phi) is 7.11. The lowest BCUT2D eigenvalue weighted by molar-refractivity contribution is -0.200. The minimum atomic E-state index is -4.98. The topological polar surface area (TPSA) is 27.7 Å². The molecule has 3 nitrogen and oxygen atoms in total. The molecule has 0 aliphatic heterocycles. The maximum Gasteiger partial charge on any atom is 0.581 e. The third-order valence-corrected chi connectivity index (χ3v) is 5.60. The van der Waals surface area contributed by atoms with Gasteiger partial charge >= 0.3 is 26.4 Å². The van der Waals surface area contributed by atoms with Gasteiger partial charge < -0.3 is 13.3 Å². The molecule has 0 N–H and O–H groups in total. The molecular formula is C10H17F7O3Si. The molecule has 11 heteroatoms. The van der Waals surface area contributed by atoms with E-state index in [1.807, 2.05) is 0 Å². The van der Waals surface area contributed by atoms with Crippen molar-refractivity contribution >= 4 is 8.80 Å². The van der Waals surface area contributed by atoms with Gasteiger partial charge in [0.15, 0.2) is 0 Å². The number of halogens is 7. The summed E-state index contributed by atoms with van der Waals surface area (Å²) >= 11 is 0. The van der Waals surface area contributed by atoms with Gasteiger partial charge in [-0.25, -0.2) is 0 Å². The fourth-order valence-electron chi connectivity index (χ4n) is 1.69. The molecular weight excluding hydrogens is 329 g/mol. The van der Waals surface area contributed by atoms with Crippen LogP contribution in [0.15, 0.2) is 0 Å². The smallest absolute Gasteiger partial charge is 0.373 e. The van der Waals surface area contributed by atoms with Gasteiger partial charge in [0, 0.05) is 34.2 Å². The summed E-state index contributed by atoms with van der Waals surface area (Å²) in [7, 11) is -2.75. The second-order valence-electron chi connectivity index (χ2n) is 4.27. The highest BCUT2D eigenvalue weighted by Gasteiger charge is 2.75. The Balaban J connectivity index is 4.87. The molecule has 0 saturated heterocycles. The van der Waals surface area contributed by atoms with E-state index in [0.29, 0.717) is 0 Å². The van der Waals surface area contributed by atoms with Crippen molar-refractivity contribution in [2.24, 2.45) is 0 Å². The van der Waals surface area contributed by atoms with Crippen molar-refractivity contribution in [2.45, 2.75) is 43.3 Å². The van der Waals surface area contributed by atoms with E-state index in [-0.39, 0.29) is 0 Å². The first-order valence-electron chi connectivity index (χ1n) is 5.87. The number of unbranched alkanes of at least 4 members (excludes halogenated alkanes) is 1. The van der Waals surface area contributed by atoms with Gasteiger partial charge in [0.05, 0.1) is 0 Å². The predicted molar refractivity (Wildman–Crippen MR) is 61.2 cm³/mol. The van der Waals surface area contributed by atoms with Crippen molar-refractivity contribution in [3.63, 3.8) is 0 Å². The Morgan fingerprint density at radius 3 is 1.43 bits per heavy atom. The fraction of sp³-hybridized carbons (Fsp3) is 1.00. The van der Waals surface area contributed by atoms with Gasteiger partial charge in [-0.3, -0.25) is 0 Å². The van der Waals surface area contributed by atoms with Crippen molar-refractivity contribution in [3.8, 4) is 0 Å². The molecule has 0 bridgehead atoms. The zero-order valence-electron chi connectivity index (χ0n) is 11.7. The van der Waals surface area contributed by atoms with E-state index < -0.39 is 52.1 Å². The number of rotatable bonds is 9. The summed E-state index contributed by atoms with van der Waals surface area (Å²) in [4.78, 5) is 0. The van der Waals surface area contributed by atoms with Crippen molar-refractivity contribution in [3.05, 3.63) is 0 Å². The second-order valence-corrected chi connectivity index (χ2v) is 7.23. The summed E-state index contributed by atoms with van der Waals surface area (Å²) in [5.74, 6) is -4.60. The molecule has 0 aromatic rings. The summed E-state index contributed by atoms with van der Waals surface area (Å²) in [6.45, 7) is 0. The molecule has 0 aromatic heterocycles. The van der Waals surface area contributed by atoms with Crippen LogP contribution in [0.2, 0.25) is 0 Å². The zero-order chi connectivity index (χ0) is 16.9. The van der Waals surface area contributed by atoms with Crippen molar-refractivity contribution in [1.82, 2.24) is 0 Å². The lowest BCUT2D eigenvalue weighted by atomic mass is 10.1. The summed E-state index contributed by atoms with van der Waals surface area (Å²) < 4.78 is 104. The fourth-order valence-corrected chi connectivity index (χ4v) is 3.53. The van der Waals surface area contributed by atoms with E-state index >= 15 is 0 Å². The van der Waals surface area contributed by atoms with Crippen LogP contribution in [0.1, 0.15) is 25.7 Å². The van der Waals surface area contributed by atoms with E-state index in [2.05, 4.69) is 13.3 Å². The average Bonchev–Trinajstić information content (AvgIpc) is 2.36. The minimum Gasteiger partial charge on any atom is -0.373 e. The van der Waals surface area contributed by atoms with Crippen LogP contribution in [-0.2, 0) is 13.3 Å². The van der Waals surface area contributed by atoms with Gasteiger partial charge in [0.2, 0.25) is 0 Å². The lowest BCUT2D eigenvalue weighted by Gasteiger charge is -2.36. The quantitative estimate of drug-likeness (QED) is 0.361. The normalized spacial score (nSPS) is 14.6. The Morgan fingerprint density at radius 1 is 0.714 bits per heavy atom. The van der Waals surface area contributed by atoms with Crippen molar-refractivity contribution < 1.29 is 44.0 Å². The van der Waals surface area contributed by atoms with Crippen molar-refractivity contribution in [1.29, 1.82) is 0 Å². The van der Waals surface area contributed by atoms with Gasteiger partial charge in [0.25, 0.3) is 0 Å².